The summed E-state index contributed by atoms with van der Waals surface area (Å²) >= 11 is 0. The van der Waals surface area contributed by atoms with Gasteiger partial charge in [0.25, 0.3) is 5.56 Å². The molecular weight excluding hydrogens is 458 g/mol. The highest BCUT2D eigenvalue weighted by Crippen LogP contribution is 2.26. The Bertz CT molecular complexity index is 1480. The lowest BCUT2D eigenvalue weighted by molar-refractivity contribution is -0.118. The number of para-hydroxylation sites is 2. The molecule has 2 heterocycles. The minimum atomic E-state index is -0.694. The predicted molar refractivity (Wildman–Crippen MR) is 141 cm³/mol. The summed E-state index contributed by atoms with van der Waals surface area (Å²) in [5.41, 5.74) is 7.77. The zero-order valence-electron chi connectivity index (χ0n) is 20.5. The molecule has 0 spiro atoms. The maximum atomic E-state index is 13.7. The Morgan fingerprint density at radius 2 is 1.83 bits per heavy atom. The SMILES string of the molecule is CCCCn1c(N)c(N(Cc2ccccc2OC)C(=O)CCc2c[nH]c3ccccc23)c(=O)[nH]c1=O. The van der Waals surface area contributed by atoms with Gasteiger partial charge < -0.3 is 15.5 Å². The first kappa shape index (κ1) is 24.8. The zero-order chi connectivity index (χ0) is 25.7. The van der Waals surface area contributed by atoms with Crippen molar-refractivity contribution in [3.05, 3.63) is 86.7 Å². The van der Waals surface area contributed by atoms with Crippen LogP contribution in [0.2, 0.25) is 0 Å². The fourth-order valence-corrected chi connectivity index (χ4v) is 4.39. The molecule has 9 heteroatoms. The predicted octanol–water partition coefficient (Wildman–Crippen LogP) is 3.57. The number of benzene rings is 2. The van der Waals surface area contributed by atoms with Crippen LogP contribution in [0, 0.1) is 0 Å². The average Bonchev–Trinajstić information content (AvgIpc) is 3.29. The molecule has 0 fully saturated rings. The molecule has 0 radical (unpaired) electrons. The Labute approximate surface area is 208 Å². The fraction of sp³-hybridized carbons (Fsp3) is 0.296. The molecule has 0 bridgehead atoms. The van der Waals surface area contributed by atoms with E-state index in [1.165, 1.54) is 9.47 Å². The fourth-order valence-electron chi connectivity index (χ4n) is 4.39. The number of nitrogens with one attached hydrogen (secondary N) is 2. The zero-order valence-corrected chi connectivity index (χ0v) is 20.5. The van der Waals surface area contributed by atoms with Gasteiger partial charge >= 0.3 is 5.69 Å². The lowest BCUT2D eigenvalue weighted by Gasteiger charge is -2.25. The highest BCUT2D eigenvalue weighted by Gasteiger charge is 2.25. The van der Waals surface area contributed by atoms with Crippen LogP contribution in [0.1, 0.15) is 37.3 Å². The standard InChI is InChI=1S/C27H31N5O4/c1-3-4-15-31-25(28)24(26(34)30-27(31)35)32(17-19-9-5-8-12-22(19)36-2)23(33)14-13-18-16-29-21-11-7-6-10-20(18)21/h5-12,16,29H,3-4,13-15,17,28H2,1-2H3,(H,30,34,35). The number of nitrogens with zero attached hydrogens (tertiary/aromatic N) is 2. The topological polar surface area (TPSA) is 126 Å². The van der Waals surface area contributed by atoms with Crippen LogP contribution in [0.4, 0.5) is 11.5 Å². The number of H-pyrrole nitrogens is 2. The van der Waals surface area contributed by atoms with Crippen molar-refractivity contribution in [2.24, 2.45) is 0 Å². The molecule has 4 rings (SSSR count). The number of ether oxygens (including phenoxy) is 1. The Kier molecular flexibility index (Phi) is 7.58. The molecule has 4 aromatic rings. The van der Waals surface area contributed by atoms with Gasteiger partial charge in [-0.2, -0.15) is 0 Å². The number of hydrogen-bond acceptors (Lipinski definition) is 5. The lowest BCUT2D eigenvalue weighted by atomic mass is 10.1. The molecule has 188 valence electrons. The first-order valence-corrected chi connectivity index (χ1v) is 12.0. The number of hydrogen-bond donors (Lipinski definition) is 3. The third-order valence-corrected chi connectivity index (χ3v) is 6.32. The van der Waals surface area contributed by atoms with Crippen molar-refractivity contribution in [2.45, 2.75) is 45.7 Å². The summed E-state index contributed by atoms with van der Waals surface area (Å²) in [6.45, 7) is 2.41. The number of carbonyl (C=O) groups is 1. The van der Waals surface area contributed by atoms with Crippen molar-refractivity contribution in [1.82, 2.24) is 14.5 Å². The van der Waals surface area contributed by atoms with Gasteiger partial charge in [-0.1, -0.05) is 49.7 Å². The van der Waals surface area contributed by atoms with Crippen molar-refractivity contribution in [3.63, 3.8) is 0 Å². The second-order valence-electron chi connectivity index (χ2n) is 8.65. The number of fused-ring (bicyclic) bond motifs is 1. The highest BCUT2D eigenvalue weighted by molar-refractivity contribution is 5.96. The van der Waals surface area contributed by atoms with Crippen molar-refractivity contribution in [1.29, 1.82) is 0 Å². The number of aryl methyl sites for hydroxylation is 1. The summed E-state index contributed by atoms with van der Waals surface area (Å²) in [5.74, 6) is 0.276. The number of aromatic nitrogens is 3. The Hall–Kier alpha value is -4.27. The van der Waals surface area contributed by atoms with E-state index in [0.717, 1.165) is 22.9 Å². The number of aromatic amines is 2. The van der Waals surface area contributed by atoms with Crippen LogP contribution in [-0.4, -0.2) is 27.6 Å². The van der Waals surface area contributed by atoms with Crippen LogP contribution in [-0.2, 0) is 24.3 Å². The monoisotopic (exact) mass is 489 g/mol. The van der Waals surface area contributed by atoms with Gasteiger partial charge in [-0.05, 0) is 30.5 Å². The molecule has 1 amide bonds. The van der Waals surface area contributed by atoms with E-state index in [0.29, 0.717) is 30.7 Å². The van der Waals surface area contributed by atoms with Gasteiger partial charge in [0.15, 0.2) is 5.69 Å². The molecular formula is C27H31N5O4. The van der Waals surface area contributed by atoms with E-state index >= 15 is 0 Å². The van der Waals surface area contributed by atoms with Crippen molar-refractivity contribution < 1.29 is 9.53 Å². The van der Waals surface area contributed by atoms with Crippen LogP contribution in [0.5, 0.6) is 5.75 Å². The van der Waals surface area contributed by atoms with Crippen LogP contribution < -0.4 is 26.6 Å². The number of amides is 1. The molecule has 2 aromatic heterocycles. The third-order valence-electron chi connectivity index (χ3n) is 6.32. The molecule has 36 heavy (non-hydrogen) atoms. The number of rotatable bonds is 10. The minimum absolute atomic E-state index is 0.0208. The first-order valence-electron chi connectivity index (χ1n) is 12.0. The molecule has 0 saturated carbocycles. The highest BCUT2D eigenvalue weighted by atomic mass is 16.5. The largest absolute Gasteiger partial charge is 0.496 e. The van der Waals surface area contributed by atoms with E-state index in [9.17, 15) is 14.4 Å². The molecule has 0 atom stereocenters. The molecule has 9 nitrogen and oxygen atoms in total. The lowest BCUT2D eigenvalue weighted by Crippen LogP contribution is -2.41. The van der Waals surface area contributed by atoms with Gasteiger partial charge in [0, 0.05) is 35.6 Å². The summed E-state index contributed by atoms with van der Waals surface area (Å²) in [6.07, 6.45) is 4.06. The van der Waals surface area contributed by atoms with Crippen LogP contribution in [0.25, 0.3) is 10.9 Å². The van der Waals surface area contributed by atoms with Crippen molar-refractivity contribution >= 4 is 28.3 Å². The van der Waals surface area contributed by atoms with Crippen LogP contribution in [0.15, 0.2) is 64.3 Å². The second kappa shape index (κ2) is 11.0. The van der Waals surface area contributed by atoms with Gasteiger partial charge in [-0.15, -0.1) is 0 Å². The Morgan fingerprint density at radius 1 is 1.08 bits per heavy atom. The van der Waals surface area contributed by atoms with E-state index in [4.69, 9.17) is 10.5 Å². The van der Waals surface area contributed by atoms with Gasteiger partial charge in [0.2, 0.25) is 5.91 Å². The molecule has 2 aromatic carbocycles. The van der Waals surface area contributed by atoms with Crippen LogP contribution in [0.3, 0.4) is 0 Å². The van der Waals surface area contributed by atoms with E-state index in [1.807, 2.05) is 55.6 Å². The summed E-state index contributed by atoms with van der Waals surface area (Å²) in [7, 11) is 1.55. The Morgan fingerprint density at radius 3 is 2.61 bits per heavy atom. The van der Waals surface area contributed by atoms with Crippen LogP contribution >= 0.6 is 0 Å². The maximum Gasteiger partial charge on any atom is 0.330 e. The van der Waals surface area contributed by atoms with E-state index in [1.54, 1.807) is 13.2 Å². The summed E-state index contributed by atoms with van der Waals surface area (Å²) in [5, 5.41) is 1.05. The molecule has 0 aliphatic heterocycles. The average molecular weight is 490 g/mol. The summed E-state index contributed by atoms with van der Waals surface area (Å²) in [6, 6.07) is 15.2. The van der Waals surface area contributed by atoms with Gasteiger partial charge in [-0.3, -0.25) is 24.0 Å². The number of carbonyl (C=O) groups excluding carboxylic acids is 1. The minimum Gasteiger partial charge on any atom is -0.496 e. The van der Waals surface area contributed by atoms with E-state index in [-0.39, 0.29) is 30.4 Å². The second-order valence-corrected chi connectivity index (χ2v) is 8.65. The summed E-state index contributed by atoms with van der Waals surface area (Å²) < 4.78 is 6.79. The molecule has 4 N–H and O–H groups in total. The van der Waals surface area contributed by atoms with E-state index in [2.05, 4.69) is 9.97 Å². The smallest absolute Gasteiger partial charge is 0.330 e. The number of nitrogens with two attached hydrogens (primary N) is 1. The molecule has 0 aliphatic rings. The maximum absolute atomic E-state index is 13.7. The number of methoxy groups -OCH3 is 1. The van der Waals surface area contributed by atoms with Crippen molar-refractivity contribution in [3.8, 4) is 5.75 Å². The normalized spacial score (nSPS) is 11.1. The number of anilines is 2. The quantitative estimate of drug-likeness (QED) is 0.314. The molecule has 0 unspecified atom stereocenters. The first-order chi connectivity index (χ1) is 17.4. The number of nitrogen functional groups attached to an aromatic ring is 1. The van der Waals surface area contributed by atoms with Crippen molar-refractivity contribution in [2.75, 3.05) is 17.7 Å². The van der Waals surface area contributed by atoms with Gasteiger partial charge in [-0.25, -0.2) is 4.79 Å². The number of unbranched alkanes of at least 4 members (excludes halogenated alkanes) is 1. The third kappa shape index (κ3) is 5.05. The van der Waals surface area contributed by atoms with Gasteiger partial charge in [0.05, 0.1) is 13.7 Å². The van der Waals surface area contributed by atoms with Gasteiger partial charge in [0.1, 0.15) is 11.6 Å². The summed E-state index contributed by atoms with van der Waals surface area (Å²) in [4.78, 5) is 46.1. The molecule has 0 saturated heterocycles. The Balaban J connectivity index is 1.73. The molecule has 0 aliphatic carbocycles. The van der Waals surface area contributed by atoms with E-state index < -0.39 is 11.2 Å².